The predicted octanol–water partition coefficient (Wildman–Crippen LogP) is 4.01. The van der Waals surface area contributed by atoms with E-state index in [2.05, 4.69) is 19.2 Å². The normalized spacial score (nSPS) is 20.8. The minimum Gasteiger partial charge on any atom is -0.362 e. The van der Waals surface area contributed by atoms with E-state index in [-0.39, 0.29) is 30.0 Å². The van der Waals surface area contributed by atoms with Crippen LogP contribution < -0.4 is 5.32 Å². The van der Waals surface area contributed by atoms with E-state index in [1.54, 1.807) is 12.1 Å². The Bertz CT molecular complexity index is 719. The molecule has 1 aliphatic carbocycles. The van der Waals surface area contributed by atoms with Crippen LogP contribution in [0.1, 0.15) is 44.6 Å². The highest BCUT2D eigenvalue weighted by Crippen LogP contribution is 2.43. The van der Waals surface area contributed by atoms with E-state index < -0.39 is 0 Å². The molecule has 1 atom stereocenters. The molecule has 5 heteroatoms. The Balaban J connectivity index is 2.14. The first-order valence-electron chi connectivity index (χ1n) is 8.70. The minimum atomic E-state index is -0.287. The number of hydrogen-bond acceptors (Lipinski definition) is 4. The molecule has 0 amide bonds. The molecule has 3 rings (SSSR count). The lowest BCUT2D eigenvalue weighted by atomic mass is 9.74. The van der Waals surface area contributed by atoms with Crippen molar-refractivity contribution in [3.63, 3.8) is 0 Å². The third kappa shape index (κ3) is 3.53. The monoisotopic (exact) mass is 345 g/mol. The maximum atomic E-state index is 13.4. The van der Waals surface area contributed by atoms with Gasteiger partial charge in [0.25, 0.3) is 0 Å². The number of hydrogen-bond donors (Lipinski definition) is 1. The van der Waals surface area contributed by atoms with Crippen LogP contribution in [0.4, 0.5) is 4.39 Å². The second-order valence-electron chi connectivity index (χ2n) is 6.80. The van der Waals surface area contributed by atoms with E-state index in [9.17, 15) is 9.18 Å². The lowest BCUT2D eigenvalue weighted by Gasteiger charge is -2.37. The highest BCUT2D eigenvalue weighted by molar-refractivity contribution is 5.99. The maximum absolute atomic E-state index is 13.4. The zero-order valence-electron chi connectivity index (χ0n) is 14.9. The minimum absolute atomic E-state index is 0.154. The average molecular weight is 345 g/mol. The van der Waals surface area contributed by atoms with E-state index in [0.29, 0.717) is 6.42 Å². The van der Waals surface area contributed by atoms with Crippen molar-refractivity contribution in [2.45, 2.75) is 39.0 Å². The van der Waals surface area contributed by atoms with Crippen molar-refractivity contribution in [3.8, 4) is 0 Å². The zero-order valence-corrected chi connectivity index (χ0v) is 14.9. The van der Waals surface area contributed by atoms with Crippen molar-refractivity contribution in [1.82, 2.24) is 5.32 Å². The summed E-state index contributed by atoms with van der Waals surface area (Å²) < 4.78 is 13.4. The van der Waals surface area contributed by atoms with Crippen molar-refractivity contribution in [2.24, 2.45) is 5.92 Å². The molecule has 0 aromatic heterocycles. The molecule has 0 spiro atoms. The van der Waals surface area contributed by atoms with Crippen LogP contribution >= 0.6 is 0 Å². The first-order chi connectivity index (χ1) is 12.0. The molecule has 2 aliphatic rings. The van der Waals surface area contributed by atoms with Gasteiger partial charge in [0.15, 0.2) is 5.78 Å². The molecule has 0 saturated heterocycles. The second-order valence-corrected chi connectivity index (χ2v) is 6.80. The molecule has 0 saturated carbocycles. The predicted molar refractivity (Wildman–Crippen MR) is 93.0 cm³/mol. The topological polar surface area (TPSA) is 47.6 Å². The summed E-state index contributed by atoms with van der Waals surface area (Å²) in [6.45, 7) is 4.46. The molecular weight excluding hydrogens is 321 g/mol. The molecular formula is C20H24FNO3. The van der Waals surface area contributed by atoms with Gasteiger partial charge in [-0.05, 0) is 42.0 Å². The van der Waals surface area contributed by atoms with Crippen molar-refractivity contribution in [2.75, 3.05) is 13.7 Å². The number of rotatable bonds is 5. The average Bonchev–Trinajstić information content (AvgIpc) is 2.60. The Labute approximate surface area is 147 Å². The smallest absolute Gasteiger partial charge is 0.161 e. The number of Topliss-reactive ketones (excluding diaryl/α,β-unsaturated/α-hetero) is 1. The van der Waals surface area contributed by atoms with Crippen molar-refractivity contribution in [1.29, 1.82) is 0 Å². The van der Waals surface area contributed by atoms with E-state index in [1.165, 1.54) is 19.2 Å². The molecule has 0 fully saturated rings. The van der Waals surface area contributed by atoms with Gasteiger partial charge in [-0.3, -0.25) is 4.79 Å². The van der Waals surface area contributed by atoms with Crippen molar-refractivity contribution in [3.05, 3.63) is 58.2 Å². The Morgan fingerprint density at radius 3 is 2.60 bits per heavy atom. The van der Waals surface area contributed by atoms with E-state index >= 15 is 0 Å². The first kappa shape index (κ1) is 17.8. The Kier molecular flexibility index (Phi) is 5.35. The summed E-state index contributed by atoms with van der Waals surface area (Å²) in [6, 6.07) is 6.38. The van der Waals surface area contributed by atoms with Gasteiger partial charge in [-0.25, -0.2) is 14.2 Å². The number of dihydropyridines is 1. The number of carbonyl (C=O) groups excluding carboxylic acids is 1. The van der Waals surface area contributed by atoms with Crippen LogP contribution in [-0.2, 0) is 14.6 Å². The van der Waals surface area contributed by atoms with Crippen LogP contribution in [0.25, 0.3) is 0 Å². The molecule has 134 valence electrons. The van der Waals surface area contributed by atoms with Gasteiger partial charge in [-0.2, -0.15) is 0 Å². The number of benzene rings is 1. The van der Waals surface area contributed by atoms with Crippen molar-refractivity contribution >= 4 is 5.78 Å². The SMILES string of the molecule is COOCC1=C(C(C)C)NC2=C(C(=O)CCC2)C1c1ccc(F)cc1. The largest absolute Gasteiger partial charge is 0.362 e. The van der Waals surface area contributed by atoms with Gasteiger partial charge in [0.05, 0.1) is 7.11 Å². The van der Waals surface area contributed by atoms with Crippen LogP contribution in [0, 0.1) is 11.7 Å². The standard InChI is InChI=1S/C20H24FNO3/c1-12(2)20-15(11-25-24-3)18(13-7-9-14(21)10-8-13)19-16(22-20)5-4-6-17(19)23/h7-10,12,18,22H,4-6,11H2,1-3H3. The fraction of sp³-hybridized carbons (Fsp3) is 0.450. The van der Waals surface area contributed by atoms with Crippen LogP contribution in [0.3, 0.4) is 0 Å². The molecule has 0 bridgehead atoms. The molecule has 1 aromatic carbocycles. The number of allylic oxidation sites excluding steroid dienone is 3. The van der Waals surface area contributed by atoms with Crippen LogP contribution in [-0.4, -0.2) is 19.5 Å². The van der Waals surface area contributed by atoms with E-state index in [0.717, 1.165) is 40.9 Å². The first-order valence-corrected chi connectivity index (χ1v) is 8.70. The summed E-state index contributed by atoms with van der Waals surface area (Å²) in [5.74, 6) is -0.118. The lowest BCUT2D eigenvalue weighted by molar-refractivity contribution is -0.265. The highest BCUT2D eigenvalue weighted by atomic mass is 19.1. The fourth-order valence-corrected chi connectivity index (χ4v) is 3.72. The molecule has 4 nitrogen and oxygen atoms in total. The zero-order chi connectivity index (χ0) is 18.0. The van der Waals surface area contributed by atoms with Gasteiger partial charge in [-0.15, -0.1) is 0 Å². The van der Waals surface area contributed by atoms with Crippen LogP contribution in [0.2, 0.25) is 0 Å². The summed E-state index contributed by atoms with van der Waals surface area (Å²) in [5.41, 5.74) is 4.71. The molecule has 1 N–H and O–H groups in total. The third-order valence-electron chi connectivity index (χ3n) is 4.84. The highest BCUT2D eigenvalue weighted by Gasteiger charge is 2.37. The third-order valence-corrected chi connectivity index (χ3v) is 4.84. The fourth-order valence-electron chi connectivity index (χ4n) is 3.72. The molecule has 0 radical (unpaired) electrons. The van der Waals surface area contributed by atoms with Gasteiger partial charge < -0.3 is 5.32 Å². The summed E-state index contributed by atoms with van der Waals surface area (Å²) >= 11 is 0. The summed E-state index contributed by atoms with van der Waals surface area (Å²) in [5, 5.41) is 3.48. The molecule has 1 unspecified atom stereocenters. The number of nitrogens with one attached hydrogen (secondary N) is 1. The van der Waals surface area contributed by atoms with Gasteiger partial charge in [0, 0.05) is 29.3 Å². The quantitative estimate of drug-likeness (QED) is 0.647. The Hall–Kier alpha value is -1.98. The Morgan fingerprint density at radius 2 is 1.96 bits per heavy atom. The molecule has 25 heavy (non-hydrogen) atoms. The van der Waals surface area contributed by atoms with Crippen molar-refractivity contribution < 1.29 is 19.0 Å². The van der Waals surface area contributed by atoms with E-state index in [1.807, 2.05) is 0 Å². The van der Waals surface area contributed by atoms with E-state index in [4.69, 9.17) is 9.78 Å². The van der Waals surface area contributed by atoms with Gasteiger partial charge in [0.1, 0.15) is 12.4 Å². The van der Waals surface area contributed by atoms with Gasteiger partial charge in [0.2, 0.25) is 0 Å². The van der Waals surface area contributed by atoms with Gasteiger partial charge >= 0.3 is 0 Å². The number of carbonyl (C=O) groups is 1. The van der Waals surface area contributed by atoms with Crippen LogP contribution in [0.15, 0.2) is 46.8 Å². The summed E-state index contributed by atoms with van der Waals surface area (Å²) in [7, 11) is 1.47. The summed E-state index contributed by atoms with van der Waals surface area (Å²) in [4.78, 5) is 22.8. The van der Waals surface area contributed by atoms with Gasteiger partial charge in [-0.1, -0.05) is 26.0 Å². The molecule has 1 aromatic rings. The number of halogens is 1. The summed E-state index contributed by atoms with van der Waals surface area (Å²) in [6.07, 6.45) is 2.26. The van der Waals surface area contributed by atoms with Crippen LogP contribution in [0.5, 0.6) is 0 Å². The molecule has 1 heterocycles. The second kappa shape index (κ2) is 7.50. The number of ketones is 1. The molecule has 1 aliphatic heterocycles. The Morgan fingerprint density at radius 1 is 1.24 bits per heavy atom. The maximum Gasteiger partial charge on any atom is 0.161 e. The lowest BCUT2D eigenvalue weighted by Crippen LogP contribution is -2.35.